The van der Waals surface area contributed by atoms with Crippen molar-refractivity contribution < 1.29 is 29.0 Å². The van der Waals surface area contributed by atoms with Crippen LogP contribution in [0.1, 0.15) is 66.2 Å². The molecule has 8 atom stereocenters. The number of rotatable bonds is 3. The molecule has 0 heterocycles. The Morgan fingerprint density at radius 3 is 2.47 bits per heavy atom. The van der Waals surface area contributed by atoms with E-state index in [4.69, 9.17) is 9.47 Å². The Hall–Kier alpha value is -1.69. The van der Waals surface area contributed by atoms with Gasteiger partial charge < -0.3 is 14.6 Å². The molecule has 6 heteroatoms. The van der Waals surface area contributed by atoms with Crippen LogP contribution in [-0.2, 0) is 23.9 Å². The van der Waals surface area contributed by atoms with Gasteiger partial charge in [0.1, 0.15) is 6.10 Å². The maximum Gasteiger partial charge on any atom is 0.302 e. The molecule has 0 amide bonds. The third-order valence-electron chi connectivity index (χ3n) is 9.12. The summed E-state index contributed by atoms with van der Waals surface area (Å²) in [4.78, 5) is 37.1. The van der Waals surface area contributed by atoms with Crippen LogP contribution in [-0.4, -0.2) is 41.6 Å². The van der Waals surface area contributed by atoms with Crippen molar-refractivity contribution in [3.05, 3.63) is 12.2 Å². The molecule has 0 radical (unpaired) electrons. The van der Waals surface area contributed by atoms with E-state index in [1.54, 1.807) is 0 Å². The molecule has 0 aliphatic heterocycles. The first kappa shape index (κ1) is 21.5. The number of carbonyl (C=O) groups excluding carboxylic acids is 3. The van der Waals surface area contributed by atoms with Gasteiger partial charge in [-0.05, 0) is 54.9 Å². The molecule has 1 N–H and O–H groups in total. The summed E-state index contributed by atoms with van der Waals surface area (Å²) in [6.07, 6.45) is 3.29. The predicted octanol–water partition coefficient (Wildman–Crippen LogP) is 3.21. The summed E-state index contributed by atoms with van der Waals surface area (Å²) in [6, 6.07) is 0. The normalized spacial score (nSPS) is 47.3. The van der Waals surface area contributed by atoms with Gasteiger partial charge in [0.15, 0.2) is 5.78 Å². The standard InChI is InChI=1S/C24H34O6/c1-13-16-7-8-17-23(5)10-6-9-22(4,12-29-14(2)25)18(23)11-19(27)24(17,20(13)28)21(16)30-15(3)26/h16-19,21,27H,1,6-12H2,2-5H3/t16-,17-,18+,19+,21-,22+,23-,24?/m0/s1. The molecule has 166 valence electrons. The third kappa shape index (κ3) is 2.68. The van der Waals surface area contributed by atoms with Crippen molar-refractivity contribution in [3.63, 3.8) is 0 Å². The van der Waals surface area contributed by atoms with Crippen LogP contribution in [0.25, 0.3) is 0 Å². The summed E-state index contributed by atoms with van der Waals surface area (Å²) in [7, 11) is 0. The van der Waals surface area contributed by atoms with Gasteiger partial charge in [-0.25, -0.2) is 0 Å². The molecular formula is C24H34O6. The average molecular weight is 419 g/mol. The SMILES string of the molecule is C=C1C(=O)C23[C@H](O)C[C@@H]4[C@@](C)(COC(C)=O)CCC[C@@]4(C)[C@@H]2CC[C@@H]1[C@@H]3OC(C)=O. The monoisotopic (exact) mass is 418 g/mol. The van der Waals surface area contributed by atoms with E-state index in [9.17, 15) is 19.5 Å². The number of Topliss-reactive ketones (excluding diaryl/α,β-unsaturated/α-hetero) is 1. The van der Waals surface area contributed by atoms with Gasteiger partial charge >= 0.3 is 11.9 Å². The van der Waals surface area contributed by atoms with E-state index in [1.807, 2.05) is 0 Å². The first-order chi connectivity index (χ1) is 14.0. The molecule has 4 saturated carbocycles. The summed E-state index contributed by atoms with van der Waals surface area (Å²) >= 11 is 0. The second-order valence-corrected chi connectivity index (χ2v) is 10.7. The Balaban J connectivity index is 1.79. The fourth-order valence-corrected chi connectivity index (χ4v) is 8.01. The molecule has 2 bridgehead atoms. The van der Waals surface area contributed by atoms with Crippen LogP contribution in [0.5, 0.6) is 0 Å². The van der Waals surface area contributed by atoms with Crippen LogP contribution in [0.4, 0.5) is 0 Å². The Morgan fingerprint density at radius 1 is 1.13 bits per heavy atom. The summed E-state index contributed by atoms with van der Waals surface area (Å²) in [5, 5.41) is 11.6. The van der Waals surface area contributed by atoms with Crippen molar-refractivity contribution in [2.45, 2.75) is 78.4 Å². The van der Waals surface area contributed by atoms with E-state index < -0.39 is 23.6 Å². The zero-order valence-electron chi connectivity index (χ0n) is 18.5. The van der Waals surface area contributed by atoms with Crippen molar-refractivity contribution >= 4 is 17.7 Å². The van der Waals surface area contributed by atoms with Crippen LogP contribution in [0.3, 0.4) is 0 Å². The summed E-state index contributed by atoms with van der Waals surface area (Å²) in [6.45, 7) is 11.5. The van der Waals surface area contributed by atoms with Crippen molar-refractivity contribution in [2.75, 3.05) is 6.61 Å². The highest BCUT2D eigenvalue weighted by Crippen LogP contribution is 2.71. The van der Waals surface area contributed by atoms with Gasteiger partial charge in [0.2, 0.25) is 0 Å². The highest BCUT2D eigenvalue weighted by molar-refractivity contribution is 6.04. The van der Waals surface area contributed by atoms with Crippen LogP contribution >= 0.6 is 0 Å². The van der Waals surface area contributed by atoms with Crippen molar-refractivity contribution in [3.8, 4) is 0 Å². The number of hydrogen-bond acceptors (Lipinski definition) is 6. The van der Waals surface area contributed by atoms with E-state index in [0.29, 0.717) is 18.6 Å². The van der Waals surface area contributed by atoms with Gasteiger partial charge in [0, 0.05) is 25.2 Å². The lowest BCUT2D eigenvalue weighted by molar-refractivity contribution is -0.237. The lowest BCUT2D eigenvalue weighted by Gasteiger charge is -2.65. The van der Waals surface area contributed by atoms with E-state index in [2.05, 4.69) is 20.4 Å². The topological polar surface area (TPSA) is 89.9 Å². The number of ketones is 1. The first-order valence-electron chi connectivity index (χ1n) is 11.2. The molecule has 0 aromatic rings. The molecule has 4 fully saturated rings. The second kappa shape index (κ2) is 6.91. The molecule has 0 aromatic heterocycles. The highest BCUT2D eigenvalue weighted by atomic mass is 16.5. The van der Waals surface area contributed by atoms with E-state index in [1.165, 1.54) is 13.8 Å². The second-order valence-electron chi connectivity index (χ2n) is 10.7. The third-order valence-corrected chi connectivity index (χ3v) is 9.12. The lowest BCUT2D eigenvalue weighted by atomic mass is 9.39. The van der Waals surface area contributed by atoms with Gasteiger partial charge in [-0.2, -0.15) is 0 Å². The quantitative estimate of drug-likeness (QED) is 0.559. The molecule has 0 aromatic carbocycles. The van der Waals surface area contributed by atoms with Crippen LogP contribution in [0.2, 0.25) is 0 Å². The number of ether oxygens (including phenoxy) is 2. The summed E-state index contributed by atoms with van der Waals surface area (Å²) in [5.74, 6) is -1.02. The highest BCUT2D eigenvalue weighted by Gasteiger charge is 2.75. The Labute approximate surface area is 178 Å². The van der Waals surface area contributed by atoms with E-state index in [-0.39, 0.29) is 40.3 Å². The fraction of sp³-hybridized carbons (Fsp3) is 0.792. The summed E-state index contributed by atoms with van der Waals surface area (Å²) in [5.41, 5.74) is -1.07. The number of aliphatic hydroxyl groups excluding tert-OH is 1. The van der Waals surface area contributed by atoms with Gasteiger partial charge in [0.25, 0.3) is 0 Å². The van der Waals surface area contributed by atoms with Gasteiger partial charge in [0.05, 0.1) is 18.1 Å². The lowest BCUT2D eigenvalue weighted by Crippen LogP contribution is -2.68. The minimum atomic E-state index is -1.10. The average Bonchev–Trinajstić information content (AvgIpc) is 2.78. The number of carbonyl (C=O) groups is 3. The van der Waals surface area contributed by atoms with Gasteiger partial charge in [-0.1, -0.05) is 26.8 Å². The molecule has 0 saturated heterocycles. The van der Waals surface area contributed by atoms with Crippen molar-refractivity contribution in [1.82, 2.24) is 0 Å². The van der Waals surface area contributed by atoms with Crippen LogP contribution in [0.15, 0.2) is 12.2 Å². The van der Waals surface area contributed by atoms with Crippen molar-refractivity contribution in [2.24, 2.45) is 34.0 Å². The first-order valence-corrected chi connectivity index (χ1v) is 11.2. The predicted molar refractivity (Wildman–Crippen MR) is 109 cm³/mol. The van der Waals surface area contributed by atoms with Crippen molar-refractivity contribution in [1.29, 1.82) is 0 Å². The molecule has 30 heavy (non-hydrogen) atoms. The molecular weight excluding hydrogens is 384 g/mol. The Morgan fingerprint density at radius 2 is 1.83 bits per heavy atom. The number of esters is 2. The Bertz CT molecular complexity index is 804. The zero-order valence-corrected chi connectivity index (χ0v) is 18.5. The zero-order chi connectivity index (χ0) is 22.1. The fourth-order valence-electron chi connectivity index (χ4n) is 8.01. The van der Waals surface area contributed by atoms with E-state index >= 15 is 0 Å². The smallest absolute Gasteiger partial charge is 0.302 e. The molecule has 1 spiro atoms. The molecule has 6 nitrogen and oxygen atoms in total. The molecule has 1 unspecified atom stereocenters. The van der Waals surface area contributed by atoms with E-state index in [0.717, 1.165) is 32.1 Å². The van der Waals surface area contributed by atoms with Gasteiger partial charge in [-0.3, -0.25) is 14.4 Å². The number of fused-ring (bicyclic) bond motifs is 3. The Kier molecular flexibility index (Phi) is 4.96. The maximum atomic E-state index is 13.6. The van der Waals surface area contributed by atoms with Gasteiger partial charge in [-0.15, -0.1) is 0 Å². The van der Waals surface area contributed by atoms with Crippen LogP contribution in [0, 0.1) is 34.0 Å². The minimum absolute atomic E-state index is 0.0944. The molecule has 4 rings (SSSR count). The molecule has 4 aliphatic rings. The molecule has 4 aliphatic carbocycles. The maximum absolute atomic E-state index is 13.6. The summed E-state index contributed by atoms with van der Waals surface area (Å²) < 4.78 is 11.2. The van der Waals surface area contributed by atoms with Crippen LogP contribution < -0.4 is 0 Å². The largest absolute Gasteiger partial charge is 0.465 e. The minimum Gasteiger partial charge on any atom is -0.465 e. The number of hydrogen-bond donors (Lipinski definition) is 1. The number of aliphatic hydroxyl groups is 1.